The van der Waals surface area contributed by atoms with Crippen molar-refractivity contribution < 1.29 is 28.8 Å². The average Bonchev–Trinajstić information content (AvgIpc) is 2.90. The number of hydrogen-bond donors (Lipinski definition) is 0. The fourth-order valence-corrected chi connectivity index (χ4v) is 2.71. The maximum atomic E-state index is 11.5. The minimum atomic E-state index is -1.44. The minimum Gasteiger partial charge on any atom is -0.465 e. The summed E-state index contributed by atoms with van der Waals surface area (Å²) in [5, 5.41) is 0. The lowest BCUT2D eigenvalue weighted by molar-refractivity contribution is -0.321. The summed E-state index contributed by atoms with van der Waals surface area (Å²) in [4.78, 5) is 21.4. The van der Waals surface area contributed by atoms with Crippen molar-refractivity contribution in [1.29, 1.82) is 0 Å². The van der Waals surface area contributed by atoms with Gasteiger partial charge in [0.2, 0.25) is 0 Å². The molecule has 0 aromatic heterocycles. The predicted molar refractivity (Wildman–Crippen MR) is 74.1 cm³/mol. The van der Waals surface area contributed by atoms with E-state index in [2.05, 4.69) is 4.74 Å². The maximum absolute atomic E-state index is 11.5. The minimum absolute atomic E-state index is 0.448. The first kappa shape index (κ1) is 16.7. The molecule has 6 heteroatoms. The van der Waals surface area contributed by atoms with Crippen molar-refractivity contribution in [2.75, 3.05) is 13.7 Å². The van der Waals surface area contributed by atoms with Crippen LogP contribution in [0, 0.1) is 0 Å². The first-order valence-electron chi connectivity index (χ1n) is 7.86. The molecule has 6 nitrogen and oxygen atoms in total. The third-order valence-electron chi connectivity index (χ3n) is 3.97. The van der Waals surface area contributed by atoms with Crippen molar-refractivity contribution in [3.63, 3.8) is 0 Å². The van der Waals surface area contributed by atoms with Crippen molar-refractivity contribution >= 4 is 5.97 Å². The van der Waals surface area contributed by atoms with E-state index in [9.17, 15) is 4.79 Å². The standard InChI is InChI=1S/C15H26O6/c1-15(14(16)17-2)19-13(20-21-15)10-5-3-4-8-12-9-6-7-11-18-12/h12-13H,3-11H2,1-2H3. The Kier molecular flexibility index (Phi) is 6.41. The van der Waals surface area contributed by atoms with Gasteiger partial charge in [0.05, 0.1) is 13.2 Å². The van der Waals surface area contributed by atoms with Gasteiger partial charge in [0.15, 0.2) is 6.29 Å². The van der Waals surface area contributed by atoms with Gasteiger partial charge in [-0.2, -0.15) is 4.89 Å². The molecule has 0 spiro atoms. The third kappa shape index (κ3) is 4.92. The lowest BCUT2D eigenvalue weighted by Crippen LogP contribution is -2.38. The highest BCUT2D eigenvalue weighted by Gasteiger charge is 2.47. The molecule has 0 aliphatic carbocycles. The van der Waals surface area contributed by atoms with Gasteiger partial charge in [0.1, 0.15) is 0 Å². The molecule has 0 aromatic rings. The van der Waals surface area contributed by atoms with Crippen LogP contribution in [0.3, 0.4) is 0 Å². The van der Waals surface area contributed by atoms with E-state index >= 15 is 0 Å². The first-order valence-corrected chi connectivity index (χ1v) is 7.86. The number of carbonyl (C=O) groups is 1. The molecule has 0 N–H and O–H groups in total. The Hall–Kier alpha value is -0.690. The van der Waals surface area contributed by atoms with Gasteiger partial charge in [-0.1, -0.05) is 12.8 Å². The summed E-state index contributed by atoms with van der Waals surface area (Å²) in [6.45, 7) is 2.41. The van der Waals surface area contributed by atoms with E-state index in [1.165, 1.54) is 33.3 Å². The van der Waals surface area contributed by atoms with Gasteiger partial charge in [0, 0.05) is 20.0 Å². The Morgan fingerprint density at radius 1 is 1.24 bits per heavy atom. The molecule has 0 radical (unpaired) electrons. The quantitative estimate of drug-likeness (QED) is 0.409. The molecule has 2 aliphatic rings. The number of carbonyl (C=O) groups excluding carboxylic acids is 1. The van der Waals surface area contributed by atoms with Crippen LogP contribution in [0.1, 0.15) is 58.3 Å². The molecular formula is C15H26O6. The summed E-state index contributed by atoms with van der Waals surface area (Å²) < 4.78 is 15.8. The molecule has 0 aromatic carbocycles. The molecule has 0 amide bonds. The largest absolute Gasteiger partial charge is 0.465 e. The lowest BCUT2D eigenvalue weighted by Gasteiger charge is -2.22. The predicted octanol–water partition coefficient (Wildman–Crippen LogP) is 2.70. The van der Waals surface area contributed by atoms with Crippen LogP contribution >= 0.6 is 0 Å². The molecule has 122 valence electrons. The zero-order valence-corrected chi connectivity index (χ0v) is 13.0. The summed E-state index contributed by atoms with van der Waals surface area (Å²) in [7, 11) is 1.29. The highest BCUT2D eigenvalue weighted by atomic mass is 17.3. The van der Waals surface area contributed by atoms with Crippen LogP contribution in [0.15, 0.2) is 0 Å². The number of ether oxygens (including phenoxy) is 3. The molecule has 2 heterocycles. The van der Waals surface area contributed by atoms with Crippen LogP contribution in [0.5, 0.6) is 0 Å². The van der Waals surface area contributed by atoms with Crippen molar-refractivity contribution in [2.24, 2.45) is 0 Å². The zero-order valence-electron chi connectivity index (χ0n) is 13.0. The maximum Gasteiger partial charge on any atom is 0.369 e. The number of methoxy groups -OCH3 is 1. The summed E-state index contributed by atoms with van der Waals surface area (Å²) in [5.41, 5.74) is 0. The van der Waals surface area contributed by atoms with E-state index < -0.39 is 18.0 Å². The topological polar surface area (TPSA) is 63.2 Å². The molecule has 3 atom stereocenters. The Morgan fingerprint density at radius 2 is 2.05 bits per heavy atom. The van der Waals surface area contributed by atoms with Crippen molar-refractivity contribution in [1.82, 2.24) is 0 Å². The monoisotopic (exact) mass is 302 g/mol. The van der Waals surface area contributed by atoms with Gasteiger partial charge in [-0.3, -0.25) is 0 Å². The van der Waals surface area contributed by atoms with Crippen LogP contribution in [0.4, 0.5) is 0 Å². The smallest absolute Gasteiger partial charge is 0.369 e. The van der Waals surface area contributed by atoms with Crippen LogP contribution in [-0.2, 0) is 28.8 Å². The third-order valence-corrected chi connectivity index (χ3v) is 3.97. The molecule has 21 heavy (non-hydrogen) atoms. The van der Waals surface area contributed by atoms with E-state index in [0.717, 1.165) is 32.3 Å². The summed E-state index contributed by atoms with van der Waals surface area (Å²) in [5.74, 6) is -2.02. The van der Waals surface area contributed by atoms with E-state index in [0.29, 0.717) is 12.5 Å². The summed E-state index contributed by atoms with van der Waals surface area (Å²) in [6, 6.07) is 0. The Balaban J connectivity index is 1.54. The van der Waals surface area contributed by atoms with Gasteiger partial charge in [-0.15, -0.1) is 0 Å². The molecule has 2 saturated heterocycles. The summed E-state index contributed by atoms with van der Waals surface area (Å²) in [6.07, 6.45) is 8.68. The molecule has 0 bridgehead atoms. The van der Waals surface area contributed by atoms with Crippen molar-refractivity contribution in [3.05, 3.63) is 0 Å². The molecule has 2 fully saturated rings. The van der Waals surface area contributed by atoms with Gasteiger partial charge >= 0.3 is 5.97 Å². The van der Waals surface area contributed by atoms with Crippen molar-refractivity contribution in [3.8, 4) is 0 Å². The van der Waals surface area contributed by atoms with Crippen LogP contribution in [-0.4, -0.2) is 37.9 Å². The highest BCUT2D eigenvalue weighted by molar-refractivity contribution is 5.77. The van der Waals surface area contributed by atoms with Crippen LogP contribution in [0.2, 0.25) is 0 Å². The second-order valence-corrected chi connectivity index (χ2v) is 5.79. The number of unbranched alkanes of at least 4 members (excludes halogenated alkanes) is 2. The van der Waals surface area contributed by atoms with E-state index in [1.54, 1.807) is 0 Å². The van der Waals surface area contributed by atoms with Gasteiger partial charge in [0.25, 0.3) is 5.79 Å². The Labute approximate surface area is 125 Å². The molecular weight excluding hydrogens is 276 g/mol. The average molecular weight is 302 g/mol. The number of rotatable bonds is 7. The normalized spacial score (nSPS) is 33.0. The van der Waals surface area contributed by atoms with Gasteiger partial charge in [-0.05, 0) is 32.1 Å². The van der Waals surface area contributed by atoms with E-state index in [1.807, 2.05) is 0 Å². The fraction of sp³-hybridized carbons (Fsp3) is 0.933. The Morgan fingerprint density at radius 3 is 2.76 bits per heavy atom. The Bertz CT molecular complexity index is 328. The SMILES string of the molecule is COC(=O)C1(C)OOC(CCCCCC2CCCCO2)O1. The second kappa shape index (κ2) is 8.08. The molecule has 3 unspecified atom stereocenters. The van der Waals surface area contributed by atoms with Gasteiger partial charge in [-0.25, -0.2) is 9.68 Å². The highest BCUT2D eigenvalue weighted by Crippen LogP contribution is 2.28. The zero-order chi connectivity index (χ0) is 15.1. The van der Waals surface area contributed by atoms with Crippen molar-refractivity contribution in [2.45, 2.75) is 76.5 Å². The van der Waals surface area contributed by atoms with Crippen LogP contribution < -0.4 is 0 Å². The first-order chi connectivity index (χ1) is 10.1. The molecule has 2 rings (SSSR count). The van der Waals surface area contributed by atoms with Gasteiger partial charge < -0.3 is 14.2 Å². The molecule has 2 aliphatic heterocycles. The molecule has 0 saturated carbocycles. The van der Waals surface area contributed by atoms with E-state index in [4.69, 9.17) is 19.2 Å². The second-order valence-electron chi connectivity index (χ2n) is 5.79. The van der Waals surface area contributed by atoms with E-state index in [-0.39, 0.29) is 0 Å². The number of esters is 1. The number of hydrogen-bond acceptors (Lipinski definition) is 6. The lowest BCUT2D eigenvalue weighted by atomic mass is 10.0. The van der Waals surface area contributed by atoms with Crippen LogP contribution in [0.25, 0.3) is 0 Å². The fourth-order valence-electron chi connectivity index (χ4n) is 2.71. The summed E-state index contributed by atoms with van der Waals surface area (Å²) >= 11 is 0.